The first-order valence-electron chi connectivity index (χ1n) is 11.8. The molecule has 13 nitrogen and oxygen atoms in total. The van der Waals surface area contributed by atoms with Gasteiger partial charge in [-0.15, -0.1) is 0 Å². The van der Waals surface area contributed by atoms with E-state index in [4.69, 9.17) is 25.1 Å². The summed E-state index contributed by atoms with van der Waals surface area (Å²) in [5.41, 5.74) is 5.84. The van der Waals surface area contributed by atoms with Crippen molar-refractivity contribution in [3.63, 3.8) is 0 Å². The second kappa shape index (κ2) is 15.0. The zero-order valence-electron chi connectivity index (χ0n) is 21.6. The molecule has 0 aliphatic carbocycles. The number of rotatable bonds is 10. The average Bonchev–Trinajstić information content (AvgIpc) is 3.40. The summed E-state index contributed by atoms with van der Waals surface area (Å²) in [5.74, 6) is -3.32. The molecule has 1 aliphatic heterocycles. The summed E-state index contributed by atoms with van der Waals surface area (Å²) < 4.78 is 68.9. The second-order valence-electron chi connectivity index (χ2n) is 8.35. The quantitative estimate of drug-likeness (QED) is 0.147. The number of aliphatic imine (C=N–C) groups is 1. The third-order valence-electron chi connectivity index (χ3n) is 4.84. The van der Waals surface area contributed by atoms with Crippen LogP contribution < -0.4 is 25.8 Å². The van der Waals surface area contributed by atoms with Crippen molar-refractivity contribution in [3.05, 3.63) is 60.2 Å². The first-order chi connectivity index (χ1) is 19.2. The van der Waals surface area contributed by atoms with E-state index in [1.807, 2.05) is 6.92 Å². The number of carbonyl (C=O) groups excluding carboxylic acids is 2. The molecule has 2 aromatic carbocycles. The SMILES string of the molecule is C[C@@H](COc1ccc(C(=O)OC(=O)C[C@@H](N)NS(=O)(=O)c2ccccc2)cc1)NC1=NCCN1.O=C(O)C(F)(F)F. The van der Waals surface area contributed by atoms with E-state index in [1.54, 1.807) is 30.3 Å². The number of ether oxygens (including phenoxy) is 2. The van der Waals surface area contributed by atoms with Gasteiger partial charge in [-0.2, -0.15) is 17.9 Å². The number of carboxylic acid groups (broad SMARTS) is 1. The molecule has 1 aliphatic rings. The molecule has 0 bridgehead atoms. The first kappa shape index (κ1) is 33.0. The highest BCUT2D eigenvalue weighted by Crippen LogP contribution is 2.14. The smallest absolute Gasteiger partial charge is 0.490 e. The number of nitrogens with one attached hydrogen (secondary N) is 3. The molecule has 41 heavy (non-hydrogen) atoms. The van der Waals surface area contributed by atoms with Gasteiger partial charge in [0, 0.05) is 6.54 Å². The maximum Gasteiger partial charge on any atom is 0.490 e. The molecule has 0 fully saturated rings. The van der Waals surface area contributed by atoms with Crippen molar-refractivity contribution in [2.75, 3.05) is 19.7 Å². The number of hydrogen-bond acceptors (Lipinski definition) is 11. The Hall–Kier alpha value is -4.22. The third kappa shape index (κ3) is 11.8. The Kier molecular flexibility index (Phi) is 12.0. The molecule has 0 amide bonds. The molecular formula is C24H28F3N5O8S. The minimum atomic E-state index is -5.08. The van der Waals surface area contributed by atoms with Crippen LogP contribution in [0.15, 0.2) is 64.5 Å². The normalized spacial score (nSPS) is 14.3. The molecule has 0 saturated carbocycles. The van der Waals surface area contributed by atoms with Gasteiger partial charge >= 0.3 is 24.1 Å². The van der Waals surface area contributed by atoms with Crippen LogP contribution in [0.5, 0.6) is 5.75 Å². The molecule has 6 N–H and O–H groups in total. The Morgan fingerprint density at radius 2 is 1.73 bits per heavy atom. The Balaban J connectivity index is 0.000000745. The van der Waals surface area contributed by atoms with Gasteiger partial charge < -0.3 is 30.9 Å². The first-order valence-corrected chi connectivity index (χ1v) is 13.3. The number of halogens is 3. The summed E-state index contributed by atoms with van der Waals surface area (Å²) in [4.78, 5) is 37.4. The summed E-state index contributed by atoms with van der Waals surface area (Å²) in [6.45, 7) is 3.88. The van der Waals surface area contributed by atoms with E-state index in [1.165, 1.54) is 24.3 Å². The number of nitrogens with two attached hydrogens (primary N) is 1. The minimum absolute atomic E-state index is 0.00587. The van der Waals surface area contributed by atoms with Crippen molar-refractivity contribution in [1.82, 2.24) is 15.4 Å². The second-order valence-corrected chi connectivity index (χ2v) is 10.1. The molecule has 224 valence electrons. The largest absolute Gasteiger partial charge is 0.491 e. The number of guanidine groups is 1. The fraction of sp³-hybridized carbons (Fsp3) is 0.333. The van der Waals surface area contributed by atoms with E-state index in [0.29, 0.717) is 12.4 Å². The van der Waals surface area contributed by atoms with Gasteiger partial charge in [-0.3, -0.25) is 9.79 Å². The van der Waals surface area contributed by atoms with E-state index in [-0.39, 0.29) is 16.5 Å². The van der Waals surface area contributed by atoms with Crippen LogP contribution in [0.4, 0.5) is 13.2 Å². The molecular weight excluding hydrogens is 575 g/mol. The number of benzene rings is 2. The zero-order valence-corrected chi connectivity index (χ0v) is 22.4. The fourth-order valence-corrected chi connectivity index (χ4v) is 4.10. The molecule has 2 atom stereocenters. The summed E-state index contributed by atoms with van der Waals surface area (Å²) in [6, 6.07) is 13.7. The van der Waals surface area contributed by atoms with Crippen LogP contribution in [-0.2, 0) is 24.3 Å². The van der Waals surface area contributed by atoms with Crippen molar-refractivity contribution in [1.29, 1.82) is 0 Å². The van der Waals surface area contributed by atoms with Crippen LogP contribution >= 0.6 is 0 Å². The molecule has 0 unspecified atom stereocenters. The van der Waals surface area contributed by atoms with E-state index < -0.39 is 46.7 Å². The molecule has 0 spiro atoms. The molecule has 0 radical (unpaired) electrons. The van der Waals surface area contributed by atoms with Gasteiger partial charge in [-0.25, -0.2) is 18.0 Å². The van der Waals surface area contributed by atoms with E-state index in [0.717, 1.165) is 19.0 Å². The molecule has 1 heterocycles. The number of esters is 2. The lowest BCUT2D eigenvalue weighted by Gasteiger charge is -2.16. The number of aliphatic carboxylic acids is 1. The molecule has 17 heteroatoms. The van der Waals surface area contributed by atoms with Gasteiger partial charge in [-0.05, 0) is 43.3 Å². The van der Waals surface area contributed by atoms with Crippen LogP contribution in [0.3, 0.4) is 0 Å². The molecule has 0 aromatic heterocycles. The fourth-order valence-electron chi connectivity index (χ4n) is 2.97. The Labute approximate surface area is 233 Å². The lowest BCUT2D eigenvalue weighted by molar-refractivity contribution is -0.192. The average molecular weight is 604 g/mol. The van der Waals surface area contributed by atoms with Gasteiger partial charge in [0.1, 0.15) is 12.4 Å². The van der Waals surface area contributed by atoms with Crippen LogP contribution in [0.1, 0.15) is 23.7 Å². The van der Waals surface area contributed by atoms with E-state index in [2.05, 4.69) is 20.3 Å². The number of carboxylic acids is 1. The highest BCUT2D eigenvalue weighted by molar-refractivity contribution is 7.89. The van der Waals surface area contributed by atoms with E-state index in [9.17, 15) is 31.2 Å². The molecule has 0 saturated heterocycles. The topological polar surface area (TPSA) is 199 Å². The lowest BCUT2D eigenvalue weighted by Crippen LogP contribution is -2.43. The minimum Gasteiger partial charge on any atom is -0.491 e. The Morgan fingerprint density at radius 3 is 2.27 bits per heavy atom. The molecule has 2 aromatic rings. The van der Waals surface area contributed by atoms with E-state index >= 15 is 0 Å². The van der Waals surface area contributed by atoms with Gasteiger partial charge in [-0.1, -0.05) is 18.2 Å². The van der Waals surface area contributed by atoms with Gasteiger partial charge in [0.15, 0.2) is 5.96 Å². The van der Waals surface area contributed by atoms with Crippen molar-refractivity contribution in [2.45, 2.75) is 36.6 Å². The van der Waals surface area contributed by atoms with Crippen molar-refractivity contribution in [3.8, 4) is 5.75 Å². The number of hydrogen-bond donors (Lipinski definition) is 5. The van der Waals surface area contributed by atoms with Crippen molar-refractivity contribution < 1.29 is 50.6 Å². The van der Waals surface area contributed by atoms with Gasteiger partial charge in [0.05, 0.1) is 35.6 Å². The van der Waals surface area contributed by atoms with Gasteiger partial charge in [0.2, 0.25) is 10.0 Å². The predicted molar refractivity (Wildman–Crippen MR) is 138 cm³/mol. The monoisotopic (exact) mass is 603 g/mol. The van der Waals surface area contributed by atoms with Gasteiger partial charge in [0.25, 0.3) is 0 Å². The molecule has 3 rings (SSSR count). The highest BCUT2D eigenvalue weighted by atomic mass is 32.2. The van der Waals surface area contributed by atoms with Crippen LogP contribution in [0.2, 0.25) is 0 Å². The van der Waals surface area contributed by atoms with Crippen molar-refractivity contribution in [2.24, 2.45) is 10.7 Å². The summed E-state index contributed by atoms with van der Waals surface area (Å²) in [6.07, 6.45) is -6.87. The maximum absolute atomic E-state index is 12.2. The summed E-state index contributed by atoms with van der Waals surface area (Å²) >= 11 is 0. The Morgan fingerprint density at radius 1 is 1.12 bits per heavy atom. The summed E-state index contributed by atoms with van der Waals surface area (Å²) in [5, 5.41) is 13.4. The van der Waals surface area contributed by atoms with Crippen LogP contribution in [0.25, 0.3) is 0 Å². The zero-order chi connectivity index (χ0) is 30.6. The number of nitrogens with zero attached hydrogens (tertiary/aromatic N) is 1. The third-order valence-corrected chi connectivity index (χ3v) is 6.35. The lowest BCUT2D eigenvalue weighted by atomic mass is 10.2. The number of carbonyl (C=O) groups is 3. The Bertz CT molecular complexity index is 1320. The van der Waals surface area contributed by atoms with Crippen molar-refractivity contribution >= 4 is 33.9 Å². The standard InChI is InChI=1S/C22H27N5O6S.C2HF3O2/c1-15(26-22-24-11-12-25-22)14-32-17-9-7-16(8-10-17)21(29)33-20(28)13-19(23)27-34(30,31)18-5-3-2-4-6-18;3-2(4,5)1(6)7/h2-10,15,19,27H,11-14,23H2,1H3,(H2,24,25,26);(H,6,7)/t15-,19-;/m0./s1. The number of sulfonamides is 1. The predicted octanol–water partition coefficient (Wildman–Crippen LogP) is 0.973. The summed E-state index contributed by atoms with van der Waals surface area (Å²) in [7, 11) is -3.91. The van der Waals surface area contributed by atoms with Crippen LogP contribution in [0, 0.1) is 0 Å². The van der Waals surface area contributed by atoms with Crippen LogP contribution in [-0.4, -0.2) is 75.5 Å². The maximum atomic E-state index is 12.2. The highest BCUT2D eigenvalue weighted by Gasteiger charge is 2.38. The number of alkyl halides is 3.